The highest BCUT2D eigenvalue weighted by Crippen LogP contribution is 2.21. The molecule has 6 heteroatoms. The number of nitrogens with zero attached hydrogens (tertiary/aromatic N) is 2. The second kappa shape index (κ2) is 6.40. The maximum Gasteiger partial charge on any atom is 0.317 e. The molecule has 1 aromatic rings. The van der Waals surface area contributed by atoms with Crippen molar-refractivity contribution < 1.29 is 14.4 Å². The molecule has 23 heavy (non-hydrogen) atoms. The Labute approximate surface area is 135 Å². The Bertz CT molecular complexity index is 601. The van der Waals surface area contributed by atoms with Crippen LogP contribution in [0.2, 0.25) is 0 Å². The monoisotopic (exact) mass is 315 g/mol. The predicted octanol–water partition coefficient (Wildman–Crippen LogP) is 1.72. The van der Waals surface area contributed by atoms with Crippen LogP contribution >= 0.6 is 0 Å². The molecule has 2 heterocycles. The van der Waals surface area contributed by atoms with Gasteiger partial charge in [0, 0.05) is 26.2 Å². The van der Waals surface area contributed by atoms with E-state index in [1.54, 1.807) is 29.2 Å². The first kappa shape index (κ1) is 15.5. The average molecular weight is 315 g/mol. The smallest absolute Gasteiger partial charge is 0.317 e. The molecule has 0 unspecified atom stereocenters. The van der Waals surface area contributed by atoms with Crippen LogP contribution in [0.15, 0.2) is 24.3 Å². The van der Waals surface area contributed by atoms with Gasteiger partial charge in [-0.1, -0.05) is 19.1 Å². The fourth-order valence-electron chi connectivity index (χ4n) is 3.04. The fraction of sp³-hybridized carbons (Fsp3) is 0.471. The van der Waals surface area contributed by atoms with E-state index in [9.17, 15) is 14.4 Å². The minimum absolute atomic E-state index is 0.117. The first-order valence-corrected chi connectivity index (χ1v) is 8.06. The van der Waals surface area contributed by atoms with Crippen LogP contribution in [-0.2, 0) is 0 Å². The molecule has 3 rings (SSSR count). The molecular weight excluding hydrogens is 294 g/mol. The van der Waals surface area contributed by atoms with Crippen LogP contribution in [0, 0.1) is 5.92 Å². The summed E-state index contributed by atoms with van der Waals surface area (Å²) in [5.41, 5.74) is 0.877. The van der Waals surface area contributed by atoms with Crippen LogP contribution in [0.1, 0.15) is 40.5 Å². The summed E-state index contributed by atoms with van der Waals surface area (Å²) in [6, 6.07) is 6.68. The summed E-state index contributed by atoms with van der Waals surface area (Å²) in [6.07, 6.45) is 2.04. The highest BCUT2D eigenvalue weighted by Gasteiger charge is 2.34. The molecule has 1 saturated heterocycles. The molecule has 0 saturated carbocycles. The van der Waals surface area contributed by atoms with Crippen molar-refractivity contribution in [2.75, 3.05) is 26.2 Å². The van der Waals surface area contributed by atoms with Crippen LogP contribution in [0.25, 0.3) is 0 Å². The molecule has 0 radical (unpaired) electrons. The van der Waals surface area contributed by atoms with E-state index in [1.807, 2.05) is 0 Å². The van der Waals surface area contributed by atoms with E-state index in [0.717, 1.165) is 25.9 Å². The maximum atomic E-state index is 12.2. The molecule has 1 N–H and O–H groups in total. The predicted molar refractivity (Wildman–Crippen MR) is 85.2 cm³/mol. The second-order valence-corrected chi connectivity index (χ2v) is 6.21. The van der Waals surface area contributed by atoms with E-state index in [0.29, 0.717) is 17.0 Å². The minimum atomic E-state index is -0.286. The zero-order valence-electron chi connectivity index (χ0n) is 13.2. The van der Waals surface area contributed by atoms with Gasteiger partial charge < -0.3 is 10.2 Å². The lowest BCUT2D eigenvalue weighted by molar-refractivity contribution is 0.0654. The summed E-state index contributed by atoms with van der Waals surface area (Å²) < 4.78 is 0. The van der Waals surface area contributed by atoms with Gasteiger partial charge in [-0.25, -0.2) is 4.79 Å². The second-order valence-electron chi connectivity index (χ2n) is 6.21. The van der Waals surface area contributed by atoms with Crippen molar-refractivity contribution in [3.63, 3.8) is 0 Å². The van der Waals surface area contributed by atoms with Gasteiger partial charge in [0.1, 0.15) is 0 Å². The molecule has 1 fully saturated rings. The number of carbonyl (C=O) groups excluding carboxylic acids is 3. The summed E-state index contributed by atoms with van der Waals surface area (Å²) >= 11 is 0. The van der Waals surface area contributed by atoms with Crippen molar-refractivity contribution in [1.29, 1.82) is 0 Å². The standard InChI is InChI=1S/C17H21N3O3/c1-12-6-9-19(10-7-12)17(23)18-8-11-20-15(21)13-4-2-3-5-14(13)16(20)22/h2-5,12H,6-11H2,1H3,(H,18,23). The number of hydrogen-bond donors (Lipinski definition) is 1. The molecule has 0 aliphatic carbocycles. The number of piperidine rings is 1. The first-order chi connectivity index (χ1) is 11.1. The number of rotatable bonds is 3. The Hall–Kier alpha value is -2.37. The van der Waals surface area contributed by atoms with E-state index in [-0.39, 0.29) is 30.9 Å². The van der Waals surface area contributed by atoms with Crippen LogP contribution in [0.3, 0.4) is 0 Å². The molecular formula is C17H21N3O3. The largest absolute Gasteiger partial charge is 0.336 e. The van der Waals surface area contributed by atoms with Gasteiger partial charge in [-0.3, -0.25) is 14.5 Å². The zero-order valence-corrected chi connectivity index (χ0v) is 13.2. The quantitative estimate of drug-likeness (QED) is 0.864. The Morgan fingerprint density at radius 1 is 1.13 bits per heavy atom. The highest BCUT2D eigenvalue weighted by atomic mass is 16.2. The van der Waals surface area contributed by atoms with Crippen LogP contribution < -0.4 is 5.32 Å². The van der Waals surface area contributed by atoms with Crippen LogP contribution in [0.4, 0.5) is 4.79 Å². The third-order valence-corrected chi connectivity index (χ3v) is 4.56. The van der Waals surface area contributed by atoms with E-state index < -0.39 is 0 Å². The van der Waals surface area contributed by atoms with Crippen molar-refractivity contribution in [3.8, 4) is 0 Å². The Morgan fingerprint density at radius 2 is 1.70 bits per heavy atom. The van der Waals surface area contributed by atoms with Crippen molar-refractivity contribution in [1.82, 2.24) is 15.1 Å². The molecule has 0 atom stereocenters. The summed E-state index contributed by atoms with van der Waals surface area (Å²) in [5, 5.41) is 2.80. The Morgan fingerprint density at radius 3 is 2.26 bits per heavy atom. The van der Waals surface area contributed by atoms with E-state index in [4.69, 9.17) is 0 Å². The summed E-state index contributed by atoms with van der Waals surface area (Å²) in [7, 11) is 0. The highest BCUT2D eigenvalue weighted by molar-refractivity contribution is 6.21. The molecule has 1 aromatic carbocycles. The number of nitrogens with one attached hydrogen (secondary N) is 1. The molecule has 2 aliphatic rings. The zero-order chi connectivity index (χ0) is 16.4. The topological polar surface area (TPSA) is 69.7 Å². The number of benzene rings is 1. The molecule has 0 bridgehead atoms. The number of amides is 4. The number of carbonyl (C=O) groups is 3. The van der Waals surface area contributed by atoms with Gasteiger partial charge in [0.2, 0.25) is 0 Å². The lowest BCUT2D eigenvalue weighted by Gasteiger charge is -2.30. The first-order valence-electron chi connectivity index (χ1n) is 8.06. The molecule has 4 amide bonds. The normalized spacial score (nSPS) is 18.3. The number of hydrogen-bond acceptors (Lipinski definition) is 3. The van der Waals surface area contributed by atoms with E-state index >= 15 is 0 Å². The van der Waals surface area contributed by atoms with Crippen molar-refractivity contribution in [2.45, 2.75) is 19.8 Å². The fourth-order valence-corrected chi connectivity index (χ4v) is 3.04. The van der Waals surface area contributed by atoms with Gasteiger partial charge in [0.25, 0.3) is 11.8 Å². The molecule has 6 nitrogen and oxygen atoms in total. The van der Waals surface area contributed by atoms with Gasteiger partial charge in [0.15, 0.2) is 0 Å². The van der Waals surface area contributed by atoms with E-state index in [1.165, 1.54) is 4.90 Å². The number of urea groups is 1. The Balaban J connectivity index is 1.51. The van der Waals surface area contributed by atoms with Crippen molar-refractivity contribution in [3.05, 3.63) is 35.4 Å². The Kier molecular flexibility index (Phi) is 4.32. The molecule has 2 aliphatic heterocycles. The SMILES string of the molecule is CC1CCN(C(=O)NCCN2C(=O)c3ccccc3C2=O)CC1. The molecule has 0 spiro atoms. The maximum absolute atomic E-state index is 12.2. The van der Waals surface area contributed by atoms with Crippen molar-refractivity contribution >= 4 is 17.8 Å². The average Bonchev–Trinajstić information content (AvgIpc) is 2.81. The van der Waals surface area contributed by atoms with Gasteiger partial charge >= 0.3 is 6.03 Å². The summed E-state index contributed by atoms with van der Waals surface area (Å²) in [5.74, 6) is 0.0932. The number of fused-ring (bicyclic) bond motifs is 1. The third kappa shape index (κ3) is 3.06. The minimum Gasteiger partial charge on any atom is -0.336 e. The molecule has 122 valence electrons. The summed E-state index contributed by atoms with van der Waals surface area (Å²) in [6.45, 7) is 4.19. The summed E-state index contributed by atoms with van der Waals surface area (Å²) in [4.78, 5) is 39.5. The van der Waals surface area contributed by atoms with Gasteiger partial charge in [-0.15, -0.1) is 0 Å². The lowest BCUT2D eigenvalue weighted by atomic mass is 10.00. The van der Waals surface area contributed by atoms with Crippen molar-refractivity contribution in [2.24, 2.45) is 5.92 Å². The lowest BCUT2D eigenvalue weighted by Crippen LogP contribution is -2.46. The third-order valence-electron chi connectivity index (χ3n) is 4.56. The number of likely N-dealkylation sites (tertiary alicyclic amines) is 1. The van der Waals surface area contributed by atoms with Crippen LogP contribution in [0.5, 0.6) is 0 Å². The van der Waals surface area contributed by atoms with Gasteiger partial charge in [-0.05, 0) is 30.9 Å². The van der Waals surface area contributed by atoms with Gasteiger partial charge in [-0.2, -0.15) is 0 Å². The number of imide groups is 1. The molecule has 0 aromatic heterocycles. The van der Waals surface area contributed by atoms with Gasteiger partial charge in [0.05, 0.1) is 11.1 Å². The van der Waals surface area contributed by atoms with E-state index in [2.05, 4.69) is 12.2 Å². The van der Waals surface area contributed by atoms with Crippen LogP contribution in [-0.4, -0.2) is 53.8 Å².